The average molecular weight is 270 g/mol. The van der Waals surface area contributed by atoms with Gasteiger partial charge in [0.15, 0.2) is 0 Å². The first kappa shape index (κ1) is 16.4. The summed E-state index contributed by atoms with van der Waals surface area (Å²) >= 11 is 0. The van der Waals surface area contributed by atoms with Gasteiger partial charge in [-0.25, -0.2) is 0 Å². The van der Waals surface area contributed by atoms with Gasteiger partial charge in [-0.1, -0.05) is 12.8 Å². The maximum absolute atomic E-state index is 11.6. The summed E-state index contributed by atoms with van der Waals surface area (Å²) in [6.07, 6.45) is 5.75. The lowest BCUT2D eigenvalue weighted by Gasteiger charge is -2.37. The van der Waals surface area contributed by atoms with E-state index >= 15 is 0 Å². The molecule has 4 heteroatoms. The molecule has 4 nitrogen and oxygen atoms in total. The van der Waals surface area contributed by atoms with Crippen molar-refractivity contribution in [3.63, 3.8) is 0 Å². The van der Waals surface area contributed by atoms with Crippen LogP contribution in [0.15, 0.2) is 0 Å². The number of hydrogen-bond donors (Lipinski definition) is 2. The molecule has 0 spiro atoms. The second-order valence-electron chi connectivity index (χ2n) is 6.59. The molecule has 0 saturated heterocycles. The summed E-state index contributed by atoms with van der Waals surface area (Å²) in [7, 11) is 2.14. The summed E-state index contributed by atoms with van der Waals surface area (Å²) in [6.45, 7) is 7.93. The molecule has 1 saturated carbocycles. The van der Waals surface area contributed by atoms with Crippen molar-refractivity contribution < 1.29 is 9.90 Å². The van der Waals surface area contributed by atoms with Crippen molar-refractivity contribution in [2.45, 2.75) is 83.5 Å². The van der Waals surface area contributed by atoms with Gasteiger partial charge in [0.2, 0.25) is 0 Å². The molecule has 0 heterocycles. The molecule has 1 rings (SSSR count). The zero-order valence-corrected chi connectivity index (χ0v) is 13.1. The van der Waals surface area contributed by atoms with Crippen LogP contribution in [0.5, 0.6) is 0 Å². The molecule has 0 bridgehead atoms. The third-order valence-corrected chi connectivity index (χ3v) is 4.38. The Morgan fingerprint density at radius 3 is 2.32 bits per heavy atom. The Morgan fingerprint density at radius 2 is 1.89 bits per heavy atom. The Balaban J connectivity index is 2.64. The molecule has 0 aliphatic heterocycles. The number of carbonyl (C=O) groups is 1. The van der Waals surface area contributed by atoms with Gasteiger partial charge in [0.25, 0.3) is 0 Å². The van der Waals surface area contributed by atoms with E-state index in [1.165, 1.54) is 25.7 Å². The van der Waals surface area contributed by atoms with Crippen LogP contribution in [0, 0.1) is 0 Å². The highest BCUT2D eigenvalue weighted by molar-refractivity contribution is 5.78. The molecule has 0 radical (unpaired) electrons. The lowest BCUT2D eigenvalue weighted by atomic mass is 9.91. The number of rotatable bonds is 7. The summed E-state index contributed by atoms with van der Waals surface area (Å²) in [5, 5.41) is 12.7. The molecule has 1 fully saturated rings. The molecule has 2 atom stereocenters. The maximum Gasteiger partial charge on any atom is 0.323 e. The van der Waals surface area contributed by atoms with Crippen LogP contribution in [0.2, 0.25) is 0 Å². The number of nitrogens with one attached hydrogen (secondary N) is 1. The fourth-order valence-electron chi connectivity index (χ4n) is 3.25. The summed E-state index contributed by atoms with van der Waals surface area (Å²) in [5.74, 6) is -0.757. The van der Waals surface area contributed by atoms with Crippen LogP contribution < -0.4 is 5.32 Å². The van der Waals surface area contributed by atoms with Crippen LogP contribution in [-0.2, 0) is 4.79 Å². The van der Waals surface area contributed by atoms with Gasteiger partial charge in [0.1, 0.15) is 5.54 Å². The van der Waals surface area contributed by atoms with Crippen LogP contribution in [0.3, 0.4) is 0 Å². The molecule has 1 aliphatic rings. The summed E-state index contributed by atoms with van der Waals surface area (Å²) in [6, 6.07) is 1.08. The SMILES string of the molecule is CC(C)NC(C)(CC(C)N(C)C1CCCC1)C(=O)O. The molecule has 1 aliphatic carbocycles. The third-order valence-electron chi connectivity index (χ3n) is 4.38. The monoisotopic (exact) mass is 270 g/mol. The zero-order valence-electron chi connectivity index (χ0n) is 13.1. The first-order valence-electron chi connectivity index (χ1n) is 7.49. The predicted molar refractivity (Wildman–Crippen MR) is 78.4 cm³/mol. The van der Waals surface area contributed by atoms with E-state index in [1.54, 1.807) is 6.92 Å². The van der Waals surface area contributed by atoms with Gasteiger partial charge < -0.3 is 10.0 Å². The molecule has 0 amide bonds. The minimum Gasteiger partial charge on any atom is -0.480 e. The normalized spacial score (nSPS) is 21.8. The van der Waals surface area contributed by atoms with Crippen LogP contribution >= 0.6 is 0 Å². The van der Waals surface area contributed by atoms with Gasteiger partial charge >= 0.3 is 5.97 Å². The lowest BCUT2D eigenvalue weighted by Crippen LogP contribution is -2.56. The smallest absolute Gasteiger partial charge is 0.323 e. The van der Waals surface area contributed by atoms with E-state index in [2.05, 4.69) is 24.2 Å². The molecule has 112 valence electrons. The van der Waals surface area contributed by atoms with Crippen molar-refractivity contribution in [2.75, 3.05) is 7.05 Å². The van der Waals surface area contributed by atoms with E-state index < -0.39 is 11.5 Å². The van der Waals surface area contributed by atoms with Crippen molar-refractivity contribution in [3.05, 3.63) is 0 Å². The Morgan fingerprint density at radius 1 is 1.37 bits per heavy atom. The Bertz CT molecular complexity index is 301. The average Bonchev–Trinajstić information content (AvgIpc) is 2.79. The molecule has 0 aromatic rings. The first-order valence-corrected chi connectivity index (χ1v) is 7.49. The molecular formula is C15H30N2O2. The van der Waals surface area contributed by atoms with Gasteiger partial charge in [-0.3, -0.25) is 10.1 Å². The predicted octanol–water partition coefficient (Wildman–Crippen LogP) is 2.48. The summed E-state index contributed by atoms with van der Waals surface area (Å²) < 4.78 is 0. The van der Waals surface area contributed by atoms with E-state index in [0.717, 1.165) is 0 Å². The standard InChI is InChI=1S/C15H30N2O2/c1-11(2)16-15(4,14(18)19)10-12(3)17(5)13-8-6-7-9-13/h11-13,16H,6-10H2,1-5H3,(H,18,19). The van der Waals surface area contributed by atoms with Crippen molar-refractivity contribution >= 4 is 5.97 Å². The molecule has 2 unspecified atom stereocenters. The van der Waals surface area contributed by atoms with E-state index in [-0.39, 0.29) is 12.1 Å². The molecule has 0 aromatic carbocycles. The Hall–Kier alpha value is -0.610. The fraction of sp³-hybridized carbons (Fsp3) is 0.933. The van der Waals surface area contributed by atoms with E-state index in [1.807, 2.05) is 13.8 Å². The second kappa shape index (κ2) is 6.71. The molecule has 2 N–H and O–H groups in total. The van der Waals surface area contributed by atoms with Crippen LogP contribution in [0.25, 0.3) is 0 Å². The van der Waals surface area contributed by atoms with Crippen LogP contribution in [0.4, 0.5) is 0 Å². The highest BCUT2D eigenvalue weighted by Crippen LogP contribution is 2.26. The second-order valence-corrected chi connectivity index (χ2v) is 6.59. The van der Waals surface area contributed by atoms with E-state index in [9.17, 15) is 9.90 Å². The van der Waals surface area contributed by atoms with Crippen LogP contribution in [0.1, 0.15) is 59.8 Å². The summed E-state index contributed by atoms with van der Waals surface area (Å²) in [4.78, 5) is 13.9. The van der Waals surface area contributed by atoms with Crippen molar-refractivity contribution in [1.82, 2.24) is 10.2 Å². The first-order chi connectivity index (χ1) is 8.76. The zero-order chi connectivity index (χ0) is 14.6. The quantitative estimate of drug-likeness (QED) is 0.746. The highest BCUT2D eigenvalue weighted by Gasteiger charge is 2.37. The van der Waals surface area contributed by atoms with Gasteiger partial charge in [-0.15, -0.1) is 0 Å². The fourth-order valence-corrected chi connectivity index (χ4v) is 3.25. The lowest BCUT2D eigenvalue weighted by molar-refractivity contribution is -0.145. The third kappa shape index (κ3) is 4.46. The minimum absolute atomic E-state index is 0.171. The number of hydrogen-bond acceptors (Lipinski definition) is 3. The Kier molecular flexibility index (Phi) is 5.81. The molecule has 0 aromatic heterocycles. The van der Waals surface area contributed by atoms with Crippen LogP contribution in [-0.4, -0.2) is 46.7 Å². The summed E-state index contributed by atoms with van der Waals surface area (Å²) in [5.41, 5.74) is -0.847. The van der Waals surface area contributed by atoms with Crippen molar-refractivity contribution in [2.24, 2.45) is 0 Å². The number of carboxylic acid groups (broad SMARTS) is 1. The highest BCUT2D eigenvalue weighted by atomic mass is 16.4. The van der Waals surface area contributed by atoms with Crippen molar-refractivity contribution in [3.8, 4) is 0 Å². The number of aliphatic carboxylic acids is 1. The van der Waals surface area contributed by atoms with Gasteiger partial charge in [-0.05, 0) is 54.0 Å². The molecule has 19 heavy (non-hydrogen) atoms. The van der Waals surface area contributed by atoms with Gasteiger partial charge in [0.05, 0.1) is 0 Å². The largest absolute Gasteiger partial charge is 0.480 e. The number of carboxylic acids is 1. The number of nitrogens with zero attached hydrogens (tertiary/aromatic N) is 1. The minimum atomic E-state index is -0.847. The molecular weight excluding hydrogens is 240 g/mol. The topological polar surface area (TPSA) is 52.6 Å². The van der Waals surface area contributed by atoms with E-state index in [4.69, 9.17) is 0 Å². The van der Waals surface area contributed by atoms with E-state index in [0.29, 0.717) is 12.5 Å². The van der Waals surface area contributed by atoms with Gasteiger partial charge in [0, 0.05) is 18.1 Å². The van der Waals surface area contributed by atoms with Gasteiger partial charge in [-0.2, -0.15) is 0 Å². The van der Waals surface area contributed by atoms with Crippen molar-refractivity contribution in [1.29, 1.82) is 0 Å². The Labute approximate surface area is 117 Å². The maximum atomic E-state index is 11.6.